The minimum atomic E-state index is -0.313. The summed E-state index contributed by atoms with van der Waals surface area (Å²) in [5.41, 5.74) is 1.56. The number of furan rings is 1. The van der Waals surface area contributed by atoms with Gasteiger partial charge in [-0.25, -0.2) is 4.79 Å². The Morgan fingerprint density at radius 3 is 2.55 bits per heavy atom. The summed E-state index contributed by atoms with van der Waals surface area (Å²) < 4.78 is 8.44. The molecule has 0 amide bonds. The average molecular weight is 427 g/mol. The summed E-state index contributed by atoms with van der Waals surface area (Å²) in [6, 6.07) is 11.0. The average Bonchev–Trinajstić information content (AvgIpc) is 3.37. The van der Waals surface area contributed by atoms with Crippen LogP contribution < -0.4 is 11.2 Å². The van der Waals surface area contributed by atoms with Crippen molar-refractivity contribution >= 4 is 33.2 Å². The number of aryl methyl sites for hydroxylation is 2. The van der Waals surface area contributed by atoms with Gasteiger partial charge >= 0.3 is 5.69 Å². The van der Waals surface area contributed by atoms with Gasteiger partial charge in [0.05, 0.1) is 24.7 Å². The van der Waals surface area contributed by atoms with Crippen LogP contribution >= 0.6 is 22.9 Å². The van der Waals surface area contributed by atoms with E-state index in [1.54, 1.807) is 34.3 Å². The highest BCUT2D eigenvalue weighted by Gasteiger charge is 2.24. The van der Waals surface area contributed by atoms with Crippen molar-refractivity contribution in [2.24, 2.45) is 0 Å². The topological polar surface area (TPSA) is 57.1 Å². The normalized spacial score (nSPS) is 13.7. The van der Waals surface area contributed by atoms with E-state index in [-0.39, 0.29) is 17.8 Å². The number of nitrogens with zero attached hydrogens (tertiary/aromatic N) is 2. The van der Waals surface area contributed by atoms with E-state index in [1.807, 2.05) is 24.3 Å². The fourth-order valence-corrected chi connectivity index (χ4v) is 5.52. The predicted molar refractivity (Wildman–Crippen MR) is 115 cm³/mol. The molecule has 3 heterocycles. The number of hydrogen-bond donors (Lipinski definition) is 0. The second-order valence-electron chi connectivity index (χ2n) is 7.36. The van der Waals surface area contributed by atoms with Gasteiger partial charge in [-0.15, -0.1) is 11.3 Å². The van der Waals surface area contributed by atoms with Gasteiger partial charge < -0.3 is 4.42 Å². The Labute approximate surface area is 175 Å². The Morgan fingerprint density at radius 2 is 1.79 bits per heavy atom. The third kappa shape index (κ3) is 3.26. The van der Waals surface area contributed by atoms with Crippen molar-refractivity contribution in [3.63, 3.8) is 0 Å². The van der Waals surface area contributed by atoms with Crippen molar-refractivity contribution in [1.29, 1.82) is 0 Å². The Hall–Kier alpha value is -2.57. The molecule has 0 fully saturated rings. The standard InChI is InChI=1S/C22H19ClN2O3S/c23-15-9-7-14(8-10-15)12-25-21-19(17-5-1-2-6-18(17)29-21)20(26)24(22(25)27)13-16-4-3-11-28-16/h3-4,7-11H,1-2,5-6,12-13H2. The molecule has 4 aromatic rings. The zero-order valence-electron chi connectivity index (χ0n) is 15.7. The zero-order chi connectivity index (χ0) is 20.0. The van der Waals surface area contributed by atoms with Gasteiger partial charge in [0.2, 0.25) is 0 Å². The maximum absolute atomic E-state index is 13.4. The molecule has 0 radical (unpaired) electrons. The number of hydrogen-bond acceptors (Lipinski definition) is 4. The number of halogens is 1. The van der Waals surface area contributed by atoms with Gasteiger partial charge in [0.1, 0.15) is 10.6 Å². The maximum atomic E-state index is 13.4. The van der Waals surface area contributed by atoms with Gasteiger partial charge in [0.15, 0.2) is 0 Å². The van der Waals surface area contributed by atoms with Crippen LogP contribution in [-0.2, 0) is 25.9 Å². The summed E-state index contributed by atoms with van der Waals surface area (Å²) >= 11 is 7.61. The largest absolute Gasteiger partial charge is 0.467 e. The Kier molecular flexibility index (Phi) is 4.68. The third-order valence-corrected chi connectivity index (χ3v) is 7.03. The molecule has 0 aliphatic heterocycles. The van der Waals surface area contributed by atoms with Crippen molar-refractivity contribution in [3.8, 4) is 0 Å². The lowest BCUT2D eigenvalue weighted by Gasteiger charge is -2.13. The molecule has 5 nitrogen and oxygen atoms in total. The molecule has 0 saturated carbocycles. The first-order chi connectivity index (χ1) is 14.1. The van der Waals surface area contributed by atoms with Gasteiger partial charge in [-0.1, -0.05) is 23.7 Å². The first-order valence-electron chi connectivity index (χ1n) is 9.66. The quantitative estimate of drug-likeness (QED) is 0.484. The Balaban J connectivity index is 1.75. The minimum absolute atomic E-state index is 0.131. The molecule has 1 aromatic carbocycles. The second kappa shape index (κ2) is 7.35. The van der Waals surface area contributed by atoms with Crippen LogP contribution in [0.1, 0.15) is 34.6 Å². The smallest absolute Gasteiger partial charge is 0.332 e. The number of thiophene rings is 1. The molecule has 0 bridgehead atoms. The summed E-state index contributed by atoms with van der Waals surface area (Å²) in [5, 5.41) is 1.35. The van der Waals surface area contributed by atoms with E-state index in [0.29, 0.717) is 22.7 Å². The SMILES string of the molecule is O=c1c2c3c(sc2n(Cc2ccc(Cl)cc2)c(=O)n1Cc1ccco1)CCCC3. The fraction of sp³-hybridized carbons (Fsp3) is 0.273. The van der Waals surface area contributed by atoms with Crippen LogP contribution in [0.4, 0.5) is 0 Å². The Morgan fingerprint density at radius 1 is 1.00 bits per heavy atom. The number of aromatic nitrogens is 2. The van der Waals surface area contributed by atoms with Crippen molar-refractivity contribution in [2.45, 2.75) is 38.8 Å². The van der Waals surface area contributed by atoms with Crippen molar-refractivity contribution < 1.29 is 4.42 Å². The minimum Gasteiger partial charge on any atom is -0.467 e. The molecule has 5 rings (SSSR count). The molecule has 0 atom stereocenters. The molecule has 1 aliphatic rings. The lowest BCUT2D eigenvalue weighted by Crippen LogP contribution is -2.40. The number of benzene rings is 1. The van der Waals surface area contributed by atoms with Gasteiger partial charge in [-0.3, -0.25) is 13.9 Å². The van der Waals surface area contributed by atoms with Gasteiger partial charge in [0, 0.05) is 9.90 Å². The van der Waals surface area contributed by atoms with Crippen LogP contribution in [0, 0.1) is 0 Å². The number of fused-ring (bicyclic) bond motifs is 3. The van der Waals surface area contributed by atoms with Crippen LogP contribution in [0.3, 0.4) is 0 Å². The number of rotatable bonds is 4. The summed E-state index contributed by atoms with van der Waals surface area (Å²) in [4.78, 5) is 28.7. The maximum Gasteiger partial charge on any atom is 0.332 e. The summed E-state index contributed by atoms with van der Waals surface area (Å²) in [7, 11) is 0. The monoisotopic (exact) mass is 426 g/mol. The van der Waals surface area contributed by atoms with E-state index in [9.17, 15) is 9.59 Å². The fourth-order valence-electron chi connectivity index (χ4n) is 4.03. The molecule has 148 valence electrons. The van der Waals surface area contributed by atoms with Crippen molar-refractivity contribution in [1.82, 2.24) is 9.13 Å². The van der Waals surface area contributed by atoms with E-state index < -0.39 is 0 Å². The first-order valence-corrected chi connectivity index (χ1v) is 10.9. The summed E-state index contributed by atoms with van der Waals surface area (Å²) in [6.07, 6.45) is 5.62. The van der Waals surface area contributed by atoms with Crippen LogP contribution in [0.5, 0.6) is 0 Å². The van der Waals surface area contributed by atoms with Crippen LogP contribution in [0.15, 0.2) is 56.7 Å². The molecular weight excluding hydrogens is 408 g/mol. The van der Waals surface area contributed by atoms with E-state index >= 15 is 0 Å². The van der Waals surface area contributed by atoms with Crippen LogP contribution in [-0.4, -0.2) is 9.13 Å². The zero-order valence-corrected chi connectivity index (χ0v) is 17.3. The van der Waals surface area contributed by atoms with E-state index in [0.717, 1.165) is 41.6 Å². The molecule has 3 aromatic heterocycles. The van der Waals surface area contributed by atoms with Gasteiger partial charge in [0.25, 0.3) is 5.56 Å². The third-order valence-electron chi connectivity index (χ3n) is 5.47. The second-order valence-corrected chi connectivity index (χ2v) is 8.88. The summed E-state index contributed by atoms with van der Waals surface area (Å²) in [6.45, 7) is 0.524. The molecule has 7 heteroatoms. The van der Waals surface area contributed by atoms with Crippen molar-refractivity contribution in [2.75, 3.05) is 0 Å². The predicted octanol–water partition coefficient (Wildman–Crippen LogP) is 4.45. The van der Waals surface area contributed by atoms with Gasteiger partial charge in [-0.05, 0) is 61.1 Å². The molecule has 1 aliphatic carbocycles. The molecule has 0 saturated heterocycles. The molecular formula is C22H19ClN2O3S. The highest BCUT2D eigenvalue weighted by Crippen LogP contribution is 2.34. The summed E-state index contributed by atoms with van der Waals surface area (Å²) in [5.74, 6) is 0.589. The lowest BCUT2D eigenvalue weighted by atomic mass is 9.97. The molecule has 0 spiro atoms. The van der Waals surface area contributed by atoms with E-state index in [2.05, 4.69) is 0 Å². The van der Waals surface area contributed by atoms with Gasteiger partial charge in [-0.2, -0.15) is 0 Å². The van der Waals surface area contributed by atoms with E-state index in [4.69, 9.17) is 16.0 Å². The highest BCUT2D eigenvalue weighted by molar-refractivity contribution is 7.18. The Bertz CT molecular complexity index is 1300. The van der Waals surface area contributed by atoms with Crippen LogP contribution in [0.25, 0.3) is 10.2 Å². The first kappa shape index (κ1) is 18.5. The van der Waals surface area contributed by atoms with Crippen molar-refractivity contribution in [3.05, 3.63) is 90.3 Å². The molecule has 0 N–H and O–H groups in total. The molecule has 29 heavy (non-hydrogen) atoms. The van der Waals surface area contributed by atoms with E-state index in [1.165, 1.54) is 9.44 Å². The highest BCUT2D eigenvalue weighted by atomic mass is 35.5. The lowest BCUT2D eigenvalue weighted by molar-refractivity contribution is 0.479. The van der Waals surface area contributed by atoms with Crippen LogP contribution in [0.2, 0.25) is 5.02 Å². The molecule has 0 unspecified atom stereocenters.